The van der Waals surface area contributed by atoms with E-state index in [1.807, 2.05) is 6.08 Å². The number of rotatable bonds is 51. The van der Waals surface area contributed by atoms with Gasteiger partial charge in [-0.05, 0) is 77.0 Å². The molecule has 416 valence electrons. The SMILES string of the molecule is CCCC/C=C\CCCCCCCC(=O)OCCCCCCCCCCC/C=C\CCCCCCCC(=O)NC(COC1OC(CO)C(O)C(O)C1O)C(O)/C=C/CCCCCCCCCCCCCC. The van der Waals surface area contributed by atoms with Crippen molar-refractivity contribution in [3.8, 4) is 0 Å². The number of nitrogens with one attached hydrogen (secondary N) is 1. The fourth-order valence-electron chi connectivity index (χ4n) is 9.17. The number of unbranched alkanes of at least 4 members (excludes halogenated alkanes) is 33. The van der Waals surface area contributed by atoms with Gasteiger partial charge in [-0.25, -0.2) is 0 Å². The molecule has 0 aromatic heterocycles. The average molecular weight is 1010 g/mol. The van der Waals surface area contributed by atoms with Crippen molar-refractivity contribution in [2.24, 2.45) is 0 Å². The summed E-state index contributed by atoms with van der Waals surface area (Å²) in [5.74, 6) is -0.220. The molecule has 7 unspecified atom stereocenters. The Morgan fingerprint density at radius 2 is 0.915 bits per heavy atom. The molecule has 0 aromatic rings. The number of carbonyl (C=O) groups is 2. The molecule has 0 saturated carbocycles. The molecule has 7 atom stereocenters. The highest BCUT2D eigenvalue weighted by molar-refractivity contribution is 5.76. The molecule has 0 spiro atoms. The summed E-state index contributed by atoms with van der Waals surface area (Å²) in [6.07, 6.45) is 50.8. The van der Waals surface area contributed by atoms with Crippen LogP contribution in [0.2, 0.25) is 0 Å². The predicted molar refractivity (Wildman–Crippen MR) is 292 cm³/mol. The van der Waals surface area contributed by atoms with Crippen LogP contribution in [0.1, 0.15) is 271 Å². The maximum atomic E-state index is 13.0. The highest BCUT2D eigenvalue weighted by Crippen LogP contribution is 2.23. The first kappa shape index (κ1) is 66.9. The summed E-state index contributed by atoms with van der Waals surface area (Å²) in [6.45, 7) is 4.28. The molecule has 1 fully saturated rings. The molecule has 6 N–H and O–H groups in total. The summed E-state index contributed by atoms with van der Waals surface area (Å²) >= 11 is 0. The van der Waals surface area contributed by atoms with Crippen LogP contribution in [0.3, 0.4) is 0 Å². The number of aliphatic hydroxyl groups excluding tert-OH is 5. The Balaban J connectivity index is 2.13. The van der Waals surface area contributed by atoms with Gasteiger partial charge in [0.2, 0.25) is 5.91 Å². The molecule has 0 bridgehead atoms. The molecule has 1 heterocycles. The molecule has 1 amide bonds. The van der Waals surface area contributed by atoms with Gasteiger partial charge >= 0.3 is 5.97 Å². The van der Waals surface area contributed by atoms with Crippen molar-refractivity contribution in [3.05, 3.63) is 36.5 Å². The van der Waals surface area contributed by atoms with E-state index < -0.39 is 49.5 Å². The second-order valence-corrected chi connectivity index (χ2v) is 20.7. The third kappa shape index (κ3) is 39.9. The molecule has 0 aromatic carbocycles. The minimum Gasteiger partial charge on any atom is -0.466 e. The second kappa shape index (κ2) is 50.1. The lowest BCUT2D eigenvalue weighted by Crippen LogP contribution is -2.60. The van der Waals surface area contributed by atoms with E-state index in [9.17, 15) is 35.1 Å². The minimum absolute atomic E-state index is 0.0241. The topological polar surface area (TPSA) is 175 Å². The van der Waals surface area contributed by atoms with Gasteiger partial charge in [0.1, 0.15) is 24.4 Å². The minimum atomic E-state index is -1.58. The standard InChI is InChI=1S/C60H111NO10/c1-3-5-7-9-11-13-15-16-23-27-30-34-38-42-46-53(63)52(51-70-60-59(68)58(67)57(66)54(50-62)71-60)61-55(64)47-43-39-35-31-28-24-21-19-17-18-20-22-25-29-33-37-41-45-49-69-56(65)48-44-40-36-32-26-14-12-10-8-6-4-2/h10,12,19,21,42,46,52-54,57-60,62-63,66-68H,3-9,11,13-18,20,22-41,43-45,47-51H2,1-2H3,(H,61,64)/b12-10-,21-19-,46-42+. The molecule has 1 saturated heterocycles. The van der Waals surface area contributed by atoms with Gasteiger partial charge in [-0.15, -0.1) is 0 Å². The smallest absolute Gasteiger partial charge is 0.305 e. The van der Waals surface area contributed by atoms with Gasteiger partial charge in [-0.1, -0.05) is 217 Å². The van der Waals surface area contributed by atoms with Crippen LogP contribution in [0.5, 0.6) is 0 Å². The monoisotopic (exact) mass is 1010 g/mol. The summed E-state index contributed by atoms with van der Waals surface area (Å²) in [6, 6.07) is -0.820. The van der Waals surface area contributed by atoms with Crippen molar-refractivity contribution in [3.63, 3.8) is 0 Å². The maximum Gasteiger partial charge on any atom is 0.305 e. The summed E-state index contributed by atoms with van der Waals surface area (Å²) in [5, 5.41) is 54.4. The lowest BCUT2D eigenvalue weighted by molar-refractivity contribution is -0.302. The van der Waals surface area contributed by atoms with E-state index in [-0.39, 0.29) is 18.5 Å². The molecule has 1 rings (SSSR count). The zero-order valence-corrected chi connectivity index (χ0v) is 45.7. The fraction of sp³-hybridized carbons (Fsp3) is 0.867. The van der Waals surface area contributed by atoms with E-state index in [1.54, 1.807) is 6.08 Å². The molecule has 1 aliphatic rings. The molecule has 0 radical (unpaired) electrons. The fourth-order valence-corrected chi connectivity index (χ4v) is 9.17. The van der Waals surface area contributed by atoms with Gasteiger partial charge in [0.05, 0.1) is 32.0 Å². The van der Waals surface area contributed by atoms with Crippen molar-refractivity contribution >= 4 is 11.9 Å². The first-order valence-corrected chi connectivity index (χ1v) is 29.8. The predicted octanol–water partition coefficient (Wildman–Crippen LogP) is 13.5. The molecule has 71 heavy (non-hydrogen) atoms. The zero-order chi connectivity index (χ0) is 51.7. The van der Waals surface area contributed by atoms with Crippen LogP contribution in [0.15, 0.2) is 36.5 Å². The second-order valence-electron chi connectivity index (χ2n) is 20.7. The number of hydrogen-bond donors (Lipinski definition) is 6. The first-order chi connectivity index (χ1) is 34.7. The van der Waals surface area contributed by atoms with E-state index in [0.29, 0.717) is 19.4 Å². The Morgan fingerprint density at radius 1 is 0.507 bits per heavy atom. The number of ether oxygens (including phenoxy) is 3. The Hall–Kier alpha value is -2.12. The first-order valence-electron chi connectivity index (χ1n) is 29.8. The van der Waals surface area contributed by atoms with Crippen LogP contribution >= 0.6 is 0 Å². The highest BCUT2D eigenvalue weighted by Gasteiger charge is 2.44. The van der Waals surface area contributed by atoms with Gasteiger partial charge in [-0.3, -0.25) is 9.59 Å². The van der Waals surface area contributed by atoms with E-state index in [1.165, 1.54) is 154 Å². The Kier molecular flexibility index (Phi) is 47.2. The van der Waals surface area contributed by atoms with E-state index >= 15 is 0 Å². The van der Waals surface area contributed by atoms with Gasteiger partial charge < -0.3 is 45.1 Å². The van der Waals surface area contributed by atoms with Crippen LogP contribution in [0.25, 0.3) is 0 Å². The lowest BCUT2D eigenvalue weighted by atomic mass is 9.99. The summed E-state index contributed by atoms with van der Waals surface area (Å²) < 4.78 is 16.7. The molecule has 1 aliphatic heterocycles. The van der Waals surface area contributed by atoms with Crippen LogP contribution in [0.4, 0.5) is 0 Å². The quantitative estimate of drug-likeness (QED) is 0.0195. The van der Waals surface area contributed by atoms with Crippen molar-refractivity contribution in [2.75, 3.05) is 19.8 Å². The van der Waals surface area contributed by atoms with Gasteiger partial charge in [-0.2, -0.15) is 0 Å². The largest absolute Gasteiger partial charge is 0.466 e. The number of amides is 1. The third-order valence-electron chi connectivity index (χ3n) is 14.0. The molecular formula is C60H111NO10. The highest BCUT2D eigenvalue weighted by atomic mass is 16.7. The van der Waals surface area contributed by atoms with E-state index in [0.717, 1.165) is 89.9 Å². The third-order valence-corrected chi connectivity index (χ3v) is 14.0. The molecule has 11 nitrogen and oxygen atoms in total. The van der Waals surface area contributed by atoms with Crippen molar-refractivity contribution in [1.29, 1.82) is 0 Å². The number of carbonyl (C=O) groups excluding carboxylic acids is 2. The number of hydrogen-bond acceptors (Lipinski definition) is 10. The number of allylic oxidation sites excluding steroid dienone is 5. The Morgan fingerprint density at radius 3 is 1.39 bits per heavy atom. The number of aliphatic hydroxyl groups is 5. The van der Waals surface area contributed by atoms with Crippen LogP contribution < -0.4 is 5.32 Å². The van der Waals surface area contributed by atoms with Crippen LogP contribution in [-0.4, -0.2) is 100 Å². The van der Waals surface area contributed by atoms with Crippen LogP contribution in [-0.2, 0) is 23.8 Å². The van der Waals surface area contributed by atoms with Crippen molar-refractivity contribution < 1.29 is 49.3 Å². The maximum absolute atomic E-state index is 13.0. The summed E-state index contributed by atoms with van der Waals surface area (Å²) in [4.78, 5) is 25.0. The molecule has 0 aliphatic carbocycles. The molecule has 11 heteroatoms. The Bertz CT molecular complexity index is 1280. The normalized spacial score (nSPS) is 19.3. The lowest BCUT2D eigenvalue weighted by Gasteiger charge is -2.40. The van der Waals surface area contributed by atoms with Gasteiger partial charge in [0, 0.05) is 12.8 Å². The van der Waals surface area contributed by atoms with Gasteiger partial charge in [0.15, 0.2) is 6.29 Å². The van der Waals surface area contributed by atoms with Gasteiger partial charge in [0.25, 0.3) is 0 Å². The van der Waals surface area contributed by atoms with Crippen molar-refractivity contribution in [1.82, 2.24) is 5.32 Å². The number of esters is 1. The van der Waals surface area contributed by atoms with Crippen molar-refractivity contribution in [2.45, 2.75) is 314 Å². The zero-order valence-electron chi connectivity index (χ0n) is 45.7. The molecular weight excluding hydrogens is 895 g/mol. The summed E-state index contributed by atoms with van der Waals surface area (Å²) in [5.41, 5.74) is 0. The summed E-state index contributed by atoms with van der Waals surface area (Å²) in [7, 11) is 0. The van der Waals surface area contributed by atoms with Crippen LogP contribution in [0, 0.1) is 0 Å². The van der Waals surface area contributed by atoms with E-state index in [2.05, 4.69) is 43.5 Å². The Labute approximate surface area is 434 Å². The average Bonchev–Trinajstić information content (AvgIpc) is 3.37. The van der Waals surface area contributed by atoms with E-state index in [4.69, 9.17) is 14.2 Å².